The Morgan fingerprint density at radius 1 is 1.06 bits per heavy atom. The van der Waals surface area contributed by atoms with Crippen LogP contribution in [-0.4, -0.2) is 31.8 Å². The van der Waals surface area contributed by atoms with Crippen LogP contribution in [-0.2, 0) is 4.74 Å². The average molecular weight is 230 g/mol. The normalized spacial score (nSPS) is 13.1. The molecule has 0 heterocycles. The predicted octanol–water partition coefficient (Wildman–Crippen LogP) is 2.16. The van der Waals surface area contributed by atoms with E-state index in [2.05, 4.69) is 39.9 Å². The van der Waals surface area contributed by atoms with Crippen LogP contribution in [0.5, 0.6) is 0 Å². The van der Waals surface area contributed by atoms with Crippen LogP contribution < -0.4 is 11.1 Å². The molecule has 0 aliphatic rings. The Bertz CT molecular complexity index is 173. The van der Waals surface area contributed by atoms with E-state index in [1.807, 2.05) is 0 Å². The van der Waals surface area contributed by atoms with E-state index in [0.717, 1.165) is 39.1 Å². The summed E-state index contributed by atoms with van der Waals surface area (Å²) in [5.74, 6) is 0. The number of nitrogens with two attached hydrogens (primary N) is 1. The van der Waals surface area contributed by atoms with Crippen molar-refractivity contribution in [2.24, 2.45) is 11.1 Å². The van der Waals surface area contributed by atoms with E-state index in [9.17, 15) is 0 Å². The third-order valence-electron chi connectivity index (χ3n) is 2.29. The summed E-state index contributed by atoms with van der Waals surface area (Å²) in [5.41, 5.74) is 5.69. The molecule has 0 aliphatic heterocycles. The highest BCUT2D eigenvalue weighted by Gasteiger charge is 2.25. The van der Waals surface area contributed by atoms with Crippen LogP contribution in [0.4, 0.5) is 0 Å². The van der Waals surface area contributed by atoms with Crippen LogP contribution in [0.2, 0.25) is 0 Å². The first kappa shape index (κ1) is 15.9. The molecule has 0 amide bonds. The standard InChI is InChI=1S/C13H30N2O/c1-12(2,3)11-13(4,5)16-10-9-15-8-6-7-14/h15H,6-11,14H2,1-5H3. The Kier molecular flexibility index (Phi) is 7.20. The summed E-state index contributed by atoms with van der Waals surface area (Å²) in [6.45, 7) is 14.5. The molecule has 16 heavy (non-hydrogen) atoms. The lowest BCUT2D eigenvalue weighted by Crippen LogP contribution is -2.33. The van der Waals surface area contributed by atoms with Gasteiger partial charge in [-0.25, -0.2) is 0 Å². The fraction of sp³-hybridized carbons (Fsp3) is 1.00. The summed E-state index contributed by atoms with van der Waals surface area (Å²) < 4.78 is 5.89. The molecule has 0 spiro atoms. The molecule has 0 aromatic carbocycles. The molecular weight excluding hydrogens is 200 g/mol. The fourth-order valence-corrected chi connectivity index (χ4v) is 2.08. The highest BCUT2D eigenvalue weighted by Crippen LogP contribution is 2.29. The van der Waals surface area contributed by atoms with Gasteiger partial charge in [0.25, 0.3) is 0 Å². The van der Waals surface area contributed by atoms with Crippen molar-refractivity contribution in [2.45, 2.75) is 53.1 Å². The minimum absolute atomic E-state index is 0.0339. The molecule has 0 unspecified atom stereocenters. The summed E-state index contributed by atoms with van der Waals surface area (Å²) in [7, 11) is 0. The van der Waals surface area contributed by atoms with Crippen LogP contribution in [0.15, 0.2) is 0 Å². The second-order valence-corrected chi connectivity index (χ2v) is 6.24. The van der Waals surface area contributed by atoms with Crippen LogP contribution in [0.3, 0.4) is 0 Å². The molecule has 0 atom stereocenters. The first-order valence-corrected chi connectivity index (χ1v) is 6.32. The number of nitrogens with one attached hydrogen (secondary N) is 1. The van der Waals surface area contributed by atoms with Crippen molar-refractivity contribution in [1.82, 2.24) is 5.32 Å². The molecular formula is C13H30N2O. The van der Waals surface area contributed by atoms with Crippen LogP contribution in [0, 0.1) is 5.41 Å². The molecule has 3 nitrogen and oxygen atoms in total. The van der Waals surface area contributed by atoms with Gasteiger partial charge in [-0.15, -0.1) is 0 Å². The van der Waals surface area contributed by atoms with Gasteiger partial charge in [0.1, 0.15) is 0 Å². The van der Waals surface area contributed by atoms with Gasteiger partial charge in [0, 0.05) is 6.54 Å². The van der Waals surface area contributed by atoms with Crippen molar-refractivity contribution in [1.29, 1.82) is 0 Å². The summed E-state index contributed by atoms with van der Waals surface area (Å²) >= 11 is 0. The van der Waals surface area contributed by atoms with Crippen molar-refractivity contribution in [3.63, 3.8) is 0 Å². The first-order chi connectivity index (χ1) is 7.27. The molecule has 0 aromatic rings. The first-order valence-electron chi connectivity index (χ1n) is 6.32. The van der Waals surface area contributed by atoms with Crippen molar-refractivity contribution >= 4 is 0 Å². The number of hydrogen-bond donors (Lipinski definition) is 2. The SMILES string of the molecule is CC(C)(C)CC(C)(C)OCCNCCCN. The highest BCUT2D eigenvalue weighted by molar-refractivity contribution is 4.77. The van der Waals surface area contributed by atoms with Gasteiger partial charge in [0.15, 0.2) is 0 Å². The van der Waals surface area contributed by atoms with Crippen molar-refractivity contribution < 1.29 is 4.74 Å². The van der Waals surface area contributed by atoms with E-state index < -0.39 is 0 Å². The molecule has 0 bridgehead atoms. The summed E-state index contributed by atoms with van der Waals surface area (Å²) in [6.07, 6.45) is 2.11. The number of ether oxygens (including phenoxy) is 1. The monoisotopic (exact) mass is 230 g/mol. The van der Waals surface area contributed by atoms with Gasteiger partial charge in [-0.2, -0.15) is 0 Å². The van der Waals surface area contributed by atoms with E-state index in [-0.39, 0.29) is 5.60 Å². The summed E-state index contributed by atoms with van der Waals surface area (Å²) in [6, 6.07) is 0. The molecule has 0 rings (SSSR count). The van der Waals surface area contributed by atoms with Crippen LogP contribution >= 0.6 is 0 Å². The largest absolute Gasteiger partial charge is 0.374 e. The van der Waals surface area contributed by atoms with Gasteiger partial charge in [-0.3, -0.25) is 0 Å². The van der Waals surface area contributed by atoms with Gasteiger partial charge >= 0.3 is 0 Å². The zero-order chi connectivity index (χ0) is 12.7. The lowest BCUT2D eigenvalue weighted by molar-refractivity contribution is -0.0413. The predicted molar refractivity (Wildman–Crippen MR) is 70.6 cm³/mol. The zero-order valence-electron chi connectivity index (χ0n) is 11.7. The minimum atomic E-state index is -0.0339. The molecule has 98 valence electrons. The van der Waals surface area contributed by atoms with Gasteiger partial charge in [0.2, 0.25) is 0 Å². The molecule has 0 saturated carbocycles. The Morgan fingerprint density at radius 2 is 1.69 bits per heavy atom. The molecule has 3 heteroatoms. The Hall–Kier alpha value is -0.120. The second-order valence-electron chi connectivity index (χ2n) is 6.24. The molecule has 0 aromatic heterocycles. The molecule has 0 saturated heterocycles. The van der Waals surface area contributed by atoms with Crippen LogP contribution in [0.1, 0.15) is 47.5 Å². The average Bonchev–Trinajstić information content (AvgIpc) is 2.06. The van der Waals surface area contributed by atoms with Crippen molar-refractivity contribution in [3.8, 4) is 0 Å². The number of hydrogen-bond acceptors (Lipinski definition) is 3. The minimum Gasteiger partial charge on any atom is -0.374 e. The maximum atomic E-state index is 5.89. The van der Waals surface area contributed by atoms with Crippen molar-refractivity contribution in [3.05, 3.63) is 0 Å². The Balaban J connectivity index is 3.58. The van der Waals surface area contributed by atoms with Gasteiger partial charge in [0.05, 0.1) is 12.2 Å². The zero-order valence-corrected chi connectivity index (χ0v) is 11.7. The van der Waals surface area contributed by atoms with Crippen LogP contribution in [0.25, 0.3) is 0 Å². The van der Waals surface area contributed by atoms with Gasteiger partial charge in [-0.05, 0) is 45.2 Å². The molecule has 0 radical (unpaired) electrons. The quantitative estimate of drug-likeness (QED) is 0.628. The van der Waals surface area contributed by atoms with E-state index in [4.69, 9.17) is 10.5 Å². The van der Waals surface area contributed by atoms with E-state index >= 15 is 0 Å². The third kappa shape index (κ3) is 10.4. The molecule has 3 N–H and O–H groups in total. The van der Waals surface area contributed by atoms with E-state index in [0.29, 0.717) is 5.41 Å². The smallest absolute Gasteiger partial charge is 0.0632 e. The van der Waals surface area contributed by atoms with Gasteiger partial charge in [-0.1, -0.05) is 20.8 Å². The number of rotatable bonds is 8. The molecule has 0 aliphatic carbocycles. The highest BCUT2D eigenvalue weighted by atomic mass is 16.5. The molecule has 0 fully saturated rings. The maximum absolute atomic E-state index is 5.89. The van der Waals surface area contributed by atoms with Crippen molar-refractivity contribution in [2.75, 3.05) is 26.2 Å². The van der Waals surface area contributed by atoms with E-state index in [1.54, 1.807) is 0 Å². The maximum Gasteiger partial charge on any atom is 0.0632 e. The Morgan fingerprint density at radius 3 is 2.19 bits per heavy atom. The van der Waals surface area contributed by atoms with E-state index in [1.165, 1.54) is 0 Å². The fourth-order valence-electron chi connectivity index (χ4n) is 2.08. The second kappa shape index (κ2) is 7.25. The topological polar surface area (TPSA) is 47.3 Å². The Labute approximate surface area is 101 Å². The van der Waals surface area contributed by atoms with Gasteiger partial charge < -0.3 is 15.8 Å². The summed E-state index contributed by atoms with van der Waals surface area (Å²) in [4.78, 5) is 0. The lowest BCUT2D eigenvalue weighted by atomic mass is 9.84. The third-order valence-corrected chi connectivity index (χ3v) is 2.29. The summed E-state index contributed by atoms with van der Waals surface area (Å²) in [5, 5.41) is 3.32. The lowest BCUT2D eigenvalue weighted by Gasteiger charge is -2.32.